The van der Waals surface area contributed by atoms with Crippen molar-refractivity contribution in [3.8, 4) is 22.9 Å². The van der Waals surface area contributed by atoms with Crippen LogP contribution in [0.3, 0.4) is 0 Å². The minimum Gasteiger partial charge on any atom is -0.406 e. The highest BCUT2D eigenvalue weighted by molar-refractivity contribution is 5.68. The molecule has 20 heavy (non-hydrogen) atoms. The van der Waals surface area contributed by atoms with E-state index in [0.29, 0.717) is 5.56 Å². The highest BCUT2D eigenvalue weighted by Gasteiger charge is 2.30. The molecule has 2 aromatic carbocycles. The average molecular weight is 277 g/mol. The van der Waals surface area contributed by atoms with Crippen molar-refractivity contribution >= 4 is 0 Å². The minimum atomic E-state index is -4.69. The molecule has 2 aromatic rings. The van der Waals surface area contributed by atoms with Crippen molar-refractivity contribution in [3.05, 3.63) is 53.6 Å². The summed E-state index contributed by atoms with van der Waals surface area (Å²) in [5.74, 6) is -0.257. The van der Waals surface area contributed by atoms with Crippen LogP contribution >= 0.6 is 0 Å². The second-order valence-electron chi connectivity index (χ2n) is 4.21. The molecule has 0 atom stereocenters. The van der Waals surface area contributed by atoms with Crippen molar-refractivity contribution in [2.75, 3.05) is 0 Å². The Hall–Kier alpha value is -2.48. The Morgan fingerprint density at radius 1 is 1.05 bits per heavy atom. The summed E-state index contributed by atoms with van der Waals surface area (Å²) in [6.45, 7) is 1.84. The molecule has 2 nitrogen and oxygen atoms in total. The van der Waals surface area contributed by atoms with Crippen molar-refractivity contribution < 1.29 is 17.9 Å². The van der Waals surface area contributed by atoms with Crippen LogP contribution in [0.4, 0.5) is 13.2 Å². The summed E-state index contributed by atoms with van der Waals surface area (Å²) in [5.41, 5.74) is 3.06. The van der Waals surface area contributed by atoms with Gasteiger partial charge in [0.2, 0.25) is 0 Å². The maximum absolute atomic E-state index is 12.1. The van der Waals surface area contributed by atoms with E-state index in [1.165, 1.54) is 12.1 Å². The third-order valence-electron chi connectivity index (χ3n) is 2.75. The molecule has 0 amide bonds. The predicted octanol–water partition coefficient (Wildman–Crippen LogP) is 4.43. The van der Waals surface area contributed by atoms with Gasteiger partial charge in [-0.05, 0) is 47.9 Å². The van der Waals surface area contributed by atoms with Crippen LogP contribution in [0.25, 0.3) is 11.1 Å². The first kappa shape index (κ1) is 13.9. The zero-order chi connectivity index (χ0) is 14.8. The highest BCUT2D eigenvalue weighted by atomic mass is 19.4. The Balaban J connectivity index is 2.29. The van der Waals surface area contributed by atoms with E-state index in [-0.39, 0.29) is 5.75 Å². The van der Waals surface area contributed by atoms with Crippen LogP contribution in [0.1, 0.15) is 11.1 Å². The normalized spacial score (nSPS) is 10.9. The maximum atomic E-state index is 12.1. The van der Waals surface area contributed by atoms with Crippen LogP contribution in [0.15, 0.2) is 42.5 Å². The van der Waals surface area contributed by atoms with Crippen molar-refractivity contribution in [2.45, 2.75) is 13.3 Å². The number of aryl methyl sites for hydroxylation is 1. The van der Waals surface area contributed by atoms with Gasteiger partial charge < -0.3 is 4.74 Å². The molecule has 0 N–H and O–H groups in total. The lowest BCUT2D eigenvalue weighted by Crippen LogP contribution is -2.16. The minimum absolute atomic E-state index is 0.257. The fourth-order valence-electron chi connectivity index (χ4n) is 1.89. The van der Waals surface area contributed by atoms with E-state index in [1.807, 2.05) is 13.0 Å². The number of hydrogen-bond acceptors (Lipinski definition) is 2. The van der Waals surface area contributed by atoms with E-state index in [1.54, 1.807) is 30.3 Å². The van der Waals surface area contributed by atoms with Crippen LogP contribution in [-0.2, 0) is 0 Å². The summed E-state index contributed by atoms with van der Waals surface area (Å²) in [4.78, 5) is 0. The van der Waals surface area contributed by atoms with E-state index >= 15 is 0 Å². The molecule has 0 fully saturated rings. The molecular formula is C15H10F3NO. The van der Waals surface area contributed by atoms with Gasteiger partial charge in [-0.25, -0.2) is 0 Å². The second-order valence-corrected chi connectivity index (χ2v) is 4.21. The maximum Gasteiger partial charge on any atom is 0.573 e. The van der Waals surface area contributed by atoms with Gasteiger partial charge in [-0.2, -0.15) is 5.26 Å². The standard InChI is InChI=1S/C15H10F3NO/c1-10-8-11(9-19)2-7-14(10)12-3-5-13(6-4-12)20-15(16,17)18/h2-8H,1H3. The Morgan fingerprint density at radius 2 is 1.70 bits per heavy atom. The fraction of sp³-hybridized carbons (Fsp3) is 0.133. The molecule has 2 rings (SSSR count). The molecule has 0 unspecified atom stereocenters. The summed E-state index contributed by atoms with van der Waals surface area (Å²) in [7, 11) is 0. The number of nitriles is 1. The van der Waals surface area contributed by atoms with Crippen LogP contribution in [0.2, 0.25) is 0 Å². The molecule has 0 aliphatic heterocycles. The van der Waals surface area contributed by atoms with Crippen LogP contribution in [0, 0.1) is 18.3 Å². The van der Waals surface area contributed by atoms with Gasteiger partial charge in [0.25, 0.3) is 0 Å². The summed E-state index contributed by atoms with van der Waals surface area (Å²) in [6, 6.07) is 12.8. The van der Waals surface area contributed by atoms with E-state index in [9.17, 15) is 13.2 Å². The van der Waals surface area contributed by atoms with Crippen LogP contribution < -0.4 is 4.74 Å². The van der Waals surface area contributed by atoms with Gasteiger partial charge in [-0.1, -0.05) is 18.2 Å². The first-order chi connectivity index (χ1) is 9.39. The summed E-state index contributed by atoms with van der Waals surface area (Å²) >= 11 is 0. The molecule has 0 saturated heterocycles. The summed E-state index contributed by atoms with van der Waals surface area (Å²) in [5, 5.41) is 8.79. The Morgan fingerprint density at radius 3 is 2.20 bits per heavy atom. The molecule has 0 spiro atoms. The fourth-order valence-corrected chi connectivity index (χ4v) is 1.89. The van der Waals surface area contributed by atoms with Crippen LogP contribution in [0.5, 0.6) is 5.75 Å². The van der Waals surface area contributed by atoms with Crippen molar-refractivity contribution in [3.63, 3.8) is 0 Å². The molecule has 0 bridgehead atoms. The van der Waals surface area contributed by atoms with Crippen molar-refractivity contribution in [1.82, 2.24) is 0 Å². The first-order valence-corrected chi connectivity index (χ1v) is 5.76. The number of nitrogens with zero attached hydrogens (tertiary/aromatic N) is 1. The smallest absolute Gasteiger partial charge is 0.406 e. The third-order valence-corrected chi connectivity index (χ3v) is 2.75. The molecule has 0 aliphatic rings. The molecule has 0 saturated carbocycles. The van der Waals surface area contributed by atoms with E-state index in [0.717, 1.165) is 16.7 Å². The number of halogens is 3. The lowest BCUT2D eigenvalue weighted by atomic mass is 9.99. The molecular weight excluding hydrogens is 267 g/mol. The monoisotopic (exact) mass is 277 g/mol. The van der Waals surface area contributed by atoms with Crippen molar-refractivity contribution in [1.29, 1.82) is 5.26 Å². The van der Waals surface area contributed by atoms with E-state index < -0.39 is 6.36 Å². The molecule has 5 heteroatoms. The first-order valence-electron chi connectivity index (χ1n) is 5.76. The third kappa shape index (κ3) is 3.29. The lowest BCUT2D eigenvalue weighted by Gasteiger charge is -2.10. The number of alkyl halides is 3. The Labute approximate surface area is 114 Å². The number of benzene rings is 2. The lowest BCUT2D eigenvalue weighted by molar-refractivity contribution is -0.274. The van der Waals surface area contributed by atoms with Crippen molar-refractivity contribution in [2.24, 2.45) is 0 Å². The topological polar surface area (TPSA) is 33.0 Å². The Kier molecular flexibility index (Phi) is 3.66. The van der Waals surface area contributed by atoms with E-state index in [2.05, 4.69) is 4.74 Å². The van der Waals surface area contributed by atoms with Crippen LogP contribution in [-0.4, -0.2) is 6.36 Å². The van der Waals surface area contributed by atoms with Gasteiger partial charge in [-0.3, -0.25) is 0 Å². The van der Waals surface area contributed by atoms with Gasteiger partial charge in [0, 0.05) is 0 Å². The van der Waals surface area contributed by atoms with Gasteiger partial charge in [0.15, 0.2) is 0 Å². The SMILES string of the molecule is Cc1cc(C#N)ccc1-c1ccc(OC(F)(F)F)cc1. The van der Waals surface area contributed by atoms with Gasteiger partial charge in [0.1, 0.15) is 5.75 Å². The van der Waals surface area contributed by atoms with Gasteiger partial charge in [-0.15, -0.1) is 13.2 Å². The Bertz CT molecular complexity index is 654. The molecule has 0 heterocycles. The number of ether oxygens (including phenoxy) is 1. The molecule has 102 valence electrons. The quantitative estimate of drug-likeness (QED) is 0.813. The number of rotatable bonds is 2. The molecule has 0 aliphatic carbocycles. The van der Waals surface area contributed by atoms with Gasteiger partial charge in [0.05, 0.1) is 11.6 Å². The number of hydrogen-bond donors (Lipinski definition) is 0. The van der Waals surface area contributed by atoms with E-state index in [4.69, 9.17) is 5.26 Å². The highest BCUT2D eigenvalue weighted by Crippen LogP contribution is 2.28. The molecule has 0 radical (unpaired) electrons. The summed E-state index contributed by atoms with van der Waals surface area (Å²) < 4.78 is 40.0. The van der Waals surface area contributed by atoms with Gasteiger partial charge >= 0.3 is 6.36 Å². The zero-order valence-electron chi connectivity index (χ0n) is 10.5. The predicted molar refractivity (Wildman–Crippen MR) is 68.0 cm³/mol. The average Bonchev–Trinajstić information content (AvgIpc) is 2.38. The second kappa shape index (κ2) is 5.25. The zero-order valence-corrected chi connectivity index (χ0v) is 10.5. The molecule has 0 aromatic heterocycles. The summed E-state index contributed by atoms with van der Waals surface area (Å²) in [6.07, 6.45) is -4.69. The largest absolute Gasteiger partial charge is 0.573 e.